The molecule has 0 amide bonds. The molecule has 1 aliphatic rings. The normalized spacial score (nSPS) is 16.1. The topological polar surface area (TPSA) is 102 Å². The Kier molecular flexibility index (Phi) is 5.97. The number of esters is 1. The Labute approximate surface area is 136 Å². The number of likely N-dealkylation sites (tertiary alicyclic amines) is 1. The van der Waals surface area contributed by atoms with Gasteiger partial charge in [-0.25, -0.2) is 18.4 Å². The summed E-state index contributed by atoms with van der Waals surface area (Å²) >= 11 is 0. The van der Waals surface area contributed by atoms with Crippen LogP contribution in [-0.2, 0) is 14.8 Å². The summed E-state index contributed by atoms with van der Waals surface area (Å²) in [5, 5.41) is 8.28. The molecule has 0 aromatic heterocycles. The van der Waals surface area contributed by atoms with E-state index in [2.05, 4.69) is 10.2 Å². The van der Waals surface area contributed by atoms with Crippen molar-refractivity contribution in [3.8, 4) is 0 Å². The predicted octanol–water partition coefficient (Wildman–Crippen LogP) is 1.02. The molecule has 1 fully saturated rings. The number of carbonyl (C=O) groups excluding carboxylic acids is 1. The number of piperidine rings is 1. The first-order chi connectivity index (χ1) is 10.9. The second-order valence-electron chi connectivity index (χ2n) is 5.57. The summed E-state index contributed by atoms with van der Waals surface area (Å²) in [6.07, 6.45) is 3.72. The van der Waals surface area contributed by atoms with Gasteiger partial charge in [-0.15, -0.1) is 0 Å². The molecule has 7 nitrogen and oxygen atoms in total. The van der Waals surface area contributed by atoms with Crippen LogP contribution in [0.15, 0.2) is 23.1 Å². The van der Waals surface area contributed by atoms with Crippen molar-refractivity contribution in [2.45, 2.75) is 24.2 Å². The zero-order chi connectivity index (χ0) is 16.9. The van der Waals surface area contributed by atoms with Crippen LogP contribution < -0.4 is 10.5 Å². The zero-order valence-electron chi connectivity index (χ0n) is 13.2. The quantitative estimate of drug-likeness (QED) is 0.749. The van der Waals surface area contributed by atoms with E-state index in [0.717, 1.165) is 19.6 Å². The van der Waals surface area contributed by atoms with Crippen molar-refractivity contribution in [3.63, 3.8) is 0 Å². The Balaban J connectivity index is 2.08. The molecule has 23 heavy (non-hydrogen) atoms. The number of primary sulfonamides is 1. The average Bonchev–Trinajstić information content (AvgIpc) is 2.54. The maximum Gasteiger partial charge on any atom is 0.340 e. The number of nitrogens with one attached hydrogen (secondary N) is 1. The van der Waals surface area contributed by atoms with Gasteiger partial charge in [-0.3, -0.25) is 0 Å². The molecule has 0 aliphatic carbocycles. The lowest BCUT2D eigenvalue weighted by Crippen LogP contribution is -2.33. The van der Waals surface area contributed by atoms with Gasteiger partial charge in [-0.05, 0) is 44.1 Å². The van der Waals surface area contributed by atoms with Crippen LogP contribution in [-0.4, -0.2) is 52.6 Å². The van der Waals surface area contributed by atoms with Gasteiger partial charge in [0.2, 0.25) is 10.0 Å². The highest BCUT2D eigenvalue weighted by molar-refractivity contribution is 7.89. The highest BCUT2D eigenvalue weighted by Crippen LogP contribution is 2.21. The number of hydrogen-bond donors (Lipinski definition) is 2. The molecule has 1 aromatic carbocycles. The highest BCUT2D eigenvalue weighted by Gasteiger charge is 2.17. The van der Waals surface area contributed by atoms with Crippen LogP contribution in [0.4, 0.5) is 5.69 Å². The van der Waals surface area contributed by atoms with Gasteiger partial charge in [-0.2, -0.15) is 0 Å². The molecular weight excluding hydrogens is 318 g/mol. The maximum absolute atomic E-state index is 11.9. The Hall–Kier alpha value is -1.64. The van der Waals surface area contributed by atoms with Crippen LogP contribution in [0.3, 0.4) is 0 Å². The van der Waals surface area contributed by atoms with Crippen molar-refractivity contribution < 1.29 is 17.9 Å². The minimum atomic E-state index is -3.87. The number of hydrogen-bond acceptors (Lipinski definition) is 6. The summed E-state index contributed by atoms with van der Waals surface area (Å²) in [6.45, 7) is 3.72. The number of ether oxygens (including phenoxy) is 1. The lowest BCUT2D eigenvalue weighted by atomic mass is 10.1. The molecule has 1 aliphatic heterocycles. The van der Waals surface area contributed by atoms with Crippen molar-refractivity contribution in [2.24, 2.45) is 5.14 Å². The summed E-state index contributed by atoms with van der Waals surface area (Å²) in [6, 6.07) is 4.16. The number of nitrogens with zero attached hydrogens (tertiary/aromatic N) is 1. The first kappa shape index (κ1) is 17.7. The molecule has 0 unspecified atom stereocenters. The summed E-state index contributed by atoms with van der Waals surface area (Å²) in [7, 11) is -2.61. The second-order valence-corrected chi connectivity index (χ2v) is 7.13. The van der Waals surface area contributed by atoms with Crippen LogP contribution in [0.2, 0.25) is 0 Å². The van der Waals surface area contributed by atoms with E-state index >= 15 is 0 Å². The standard InChI is InChI=1S/C15H23N3O4S/c1-22-15(19)13-11-12(23(16,20)21)5-6-14(13)17-7-10-18-8-3-2-4-9-18/h5-6,11,17H,2-4,7-10H2,1H3,(H2,16,20,21). The molecule has 3 N–H and O–H groups in total. The first-order valence-electron chi connectivity index (χ1n) is 7.63. The molecular formula is C15H23N3O4S. The van der Waals surface area contributed by atoms with Gasteiger partial charge >= 0.3 is 5.97 Å². The molecule has 8 heteroatoms. The van der Waals surface area contributed by atoms with E-state index < -0.39 is 16.0 Å². The van der Waals surface area contributed by atoms with E-state index in [1.165, 1.54) is 38.5 Å². The number of benzene rings is 1. The molecule has 1 aromatic rings. The van der Waals surface area contributed by atoms with Gasteiger partial charge in [0.15, 0.2) is 0 Å². The zero-order valence-corrected chi connectivity index (χ0v) is 14.1. The average molecular weight is 341 g/mol. The van der Waals surface area contributed by atoms with Crippen molar-refractivity contribution in [1.82, 2.24) is 4.90 Å². The Bertz CT molecular complexity index is 655. The van der Waals surface area contributed by atoms with Gasteiger partial charge in [0.05, 0.1) is 17.6 Å². The summed E-state index contributed by atoms with van der Waals surface area (Å²) in [5.41, 5.74) is 0.707. The van der Waals surface area contributed by atoms with E-state index in [1.54, 1.807) is 6.07 Å². The van der Waals surface area contributed by atoms with Crippen LogP contribution in [0.25, 0.3) is 0 Å². The molecule has 1 saturated heterocycles. The molecule has 128 valence electrons. The number of rotatable bonds is 6. The minimum absolute atomic E-state index is 0.112. The van der Waals surface area contributed by atoms with Crippen LogP contribution in [0.1, 0.15) is 29.6 Å². The highest BCUT2D eigenvalue weighted by atomic mass is 32.2. The summed E-state index contributed by atoms with van der Waals surface area (Å²) in [5.74, 6) is -0.601. The molecule has 0 atom stereocenters. The van der Waals surface area contributed by atoms with Crippen LogP contribution in [0, 0.1) is 0 Å². The number of sulfonamides is 1. The van der Waals surface area contributed by atoms with Gasteiger partial charge in [-0.1, -0.05) is 6.42 Å². The van der Waals surface area contributed by atoms with Gasteiger partial charge in [0.1, 0.15) is 0 Å². The fraction of sp³-hybridized carbons (Fsp3) is 0.533. The lowest BCUT2D eigenvalue weighted by Gasteiger charge is -2.26. The number of nitrogens with two attached hydrogens (primary N) is 1. The minimum Gasteiger partial charge on any atom is -0.465 e. The van der Waals surface area contributed by atoms with Crippen molar-refractivity contribution in [2.75, 3.05) is 38.6 Å². The molecule has 0 saturated carbocycles. The van der Waals surface area contributed by atoms with Crippen molar-refractivity contribution in [3.05, 3.63) is 23.8 Å². The molecule has 0 bridgehead atoms. The Morgan fingerprint density at radius 2 is 2.00 bits per heavy atom. The largest absolute Gasteiger partial charge is 0.465 e. The van der Waals surface area contributed by atoms with Crippen LogP contribution >= 0.6 is 0 Å². The third-order valence-electron chi connectivity index (χ3n) is 3.92. The third-order valence-corrected chi connectivity index (χ3v) is 4.83. The Morgan fingerprint density at radius 3 is 2.61 bits per heavy atom. The van der Waals surface area contributed by atoms with E-state index in [-0.39, 0.29) is 10.5 Å². The Morgan fingerprint density at radius 1 is 1.30 bits per heavy atom. The van der Waals surface area contributed by atoms with E-state index in [1.807, 2.05) is 0 Å². The number of anilines is 1. The van der Waals surface area contributed by atoms with E-state index in [9.17, 15) is 13.2 Å². The maximum atomic E-state index is 11.9. The predicted molar refractivity (Wildman–Crippen MR) is 87.9 cm³/mol. The van der Waals surface area contributed by atoms with Gasteiger partial charge in [0.25, 0.3) is 0 Å². The molecule has 1 heterocycles. The second kappa shape index (κ2) is 7.76. The monoisotopic (exact) mass is 341 g/mol. The van der Waals surface area contributed by atoms with Crippen LogP contribution in [0.5, 0.6) is 0 Å². The summed E-state index contributed by atoms with van der Waals surface area (Å²) in [4.78, 5) is 14.1. The first-order valence-corrected chi connectivity index (χ1v) is 9.18. The molecule has 2 rings (SSSR count). The summed E-state index contributed by atoms with van der Waals surface area (Å²) < 4.78 is 27.6. The van der Waals surface area contributed by atoms with Crippen molar-refractivity contribution >= 4 is 21.7 Å². The fourth-order valence-electron chi connectivity index (χ4n) is 2.67. The molecule has 0 radical (unpaired) electrons. The third kappa shape index (κ3) is 4.92. The SMILES string of the molecule is COC(=O)c1cc(S(N)(=O)=O)ccc1NCCN1CCCCC1. The van der Waals surface area contributed by atoms with Gasteiger partial charge < -0.3 is 15.0 Å². The number of methoxy groups -OCH3 is 1. The van der Waals surface area contributed by atoms with Crippen molar-refractivity contribution in [1.29, 1.82) is 0 Å². The smallest absolute Gasteiger partial charge is 0.340 e. The fourth-order valence-corrected chi connectivity index (χ4v) is 3.20. The van der Waals surface area contributed by atoms with E-state index in [4.69, 9.17) is 9.88 Å². The van der Waals surface area contributed by atoms with E-state index in [0.29, 0.717) is 12.2 Å². The van der Waals surface area contributed by atoms with Gasteiger partial charge in [0, 0.05) is 18.8 Å². The lowest BCUT2D eigenvalue weighted by molar-refractivity contribution is 0.0601. The molecule has 0 spiro atoms. The number of carbonyl (C=O) groups is 1.